The Morgan fingerprint density at radius 3 is 1.33 bits per heavy atom. The van der Waals surface area contributed by atoms with Crippen LogP contribution in [0.25, 0.3) is 0 Å². The first-order valence-corrected chi connectivity index (χ1v) is 12.5. The Balaban J connectivity index is 0. The predicted octanol–water partition coefficient (Wildman–Crippen LogP) is 6.41. The highest BCUT2D eigenvalue weighted by molar-refractivity contribution is 5.79. The molecule has 5 nitrogen and oxygen atoms in total. The van der Waals surface area contributed by atoms with E-state index in [9.17, 15) is 9.59 Å². The Hall–Kier alpha value is -1.10. The number of amides is 1. The Labute approximate surface area is 187 Å². The van der Waals surface area contributed by atoms with Crippen molar-refractivity contribution in [1.29, 1.82) is 0 Å². The molecular formula is C25H52N2O3. The molecule has 30 heavy (non-hydrogen) atoms. The number of primary amides is 1. The van der Waals surface area contributed by atoms with Gasteiger partial charge in [0.05, 0.1) is 6.61 Å². The van der Waals surface area contributed by atoms with Gasteiger partial charge in [-0.25, -0.2) is 0 Å². The van der Waals surface area contributed by atoms with Crippen LogP contribution in [0, 0.1) is 0 Å². The number of nitrogens with two attached hydrogens (primary N) is 2. The molecule has 0 aromatic rings. The molecule has 0 spiro atoms. The van der Waals surface area contributed by atoms with Crippen LogP contribution in [-0.2, 0) is 14.3 Å². The maximum atomic E-state index is 10.9. The molecule has 0 aliphatic rings. The average molecular weight is 429 g/mol. The first-order chi connectivity index (χ1) is 14.3. The van der Waals surface area contributed by atoms with Crippen molar-refractivity contribution < 1.29 is 14.3 Å². The molecule has 0 saturated heterocycles. The molecule has 0 rings (SSSR count). The first kappa shape index (κ1) is 31.1. The van der Waals surface area contributed by atoms with Crippen molar-refractivity contribution >= 4 is 11.9 Å². The molecule has 0 heterocycles. The van der Waals surface area contributed by atoms with Crippen LogP contribution in [-0.4, -0.2) is 24.0 Å². The zero-order valence-corrected chi connectivity index (χ0v) is 20.6. The fourth-order valence-corrected chi connectivity index (χ4v) is 3.05. The number of ether oxygens (including phenoxy) is 1. The summed E-state index contributed by atoms with van der Waals surface area (Å²) in [5, 5.41) is 0. The number of unbranched alkanes of at least 4 members (excludes halogenated alkanes) is 14. The lowest BCUT2D eigenvalue weighted by molar-refractivity contribution is -0.148. The second-order valence-corrected chi connectivity index (χ2v) is 9.02. The molecule has 0 aromatic heterocycles. The van der Waals surface area contributed by atoms with Gasteiger partial charge in [-0.1, -0.05) is 104 Å². The molecule has 0 atom stereocenters. The maximum absolute atomic E-state index is 10.9. The van der Waals surface area contributed by atoms with Crippen LogP contribution in [0.3, 0.4) is 0 Å². The number of hydrogen-bond donors (Lipinski definition) is 2. The van der Waals surface area contributed by atoms with Crippen molar-refractivity contribution in [3.63, 3.8) is 0 Å². The predicted molar refractivity (Wildman–Crippen MR) is 128 cm³/mol. The van der Waals surface area contributed by atoms with Crippen molar-refractivity contribution in [1.82, 2.24) is 0 Å². The summed E-state index contributed by atoms with van der Waals surface area (Å²) in [6.45, 7) is 7.93. The van der Waals surface area contributed by atoms with E-state index < -0.39 is 5.54 Å². The SMILES string of the molecule is CCCCCCCCCCCCCCCCCC(N)=O.CCCOC(=O)C(C)(C)N. The number of carbonyl (C=O) groups is 2. The van der Waals surface area contributed by atoms with Gasteiger partial charge in [0.1, 0.15) is 5.54 Å². The zero-order chi connectivity index (χ0) is 23.1. The quantitative estimate of drug-likeness (QED) is 0.183. The molecule has 5 heteroatoms. The van der Waals surface area contributed by atoms with Crippen LogP contribution in [0.15, 0.2) is 0 Å². The van der Waals surface area contributed by atoms with Crippen LogP contribution in [0.1, 0.15) is 137 Å². The highest BCUT2D eigenvalue weighted by Crippen LogP contribution is 2.13. The summed E-state index contributed by atoms with van der Waals surface area (Å²) in [6.07, 6.45) is 21.7. The Morgan fingerprint density at radius 2 is 1.03 bits per heavy atom. The Kier molecular flexibility index (Phi) is 23.4. The molecule has 1 amide bonds. The number of carbonyl (C=O) groups excluding carboxylic acids is 2. The third-order valence-electron chi connectivity index (χ3n) is 4.99. The molecule has 180 valence electrons. The standard InChI is InChI=1S/C18H37NO.C7H15NO2/c1-2-3-4-5-6-7-8-9-10-11-12-13-14-15-16-17-18(19)20;1-4-5-10-6(9)7(2,3)8/h2-17H2,1H3,(H2,19,20);4-5,8H2,1-3H3. The van der Waals surface area contributed by atoms with Gasteiger partial charge in [-0.3, -0.25) is 9.59 Å². The molecule has 4 N–H and O–H groups in total. The maximum Gasteiger partial charge on any atom is 0.325 e. The number of rotatable bonds is 19. The number of esters is 1. The molecule has 0 aliphatic heterocycles. The van der Waals surface area contributed by atoms with Crippen LogP contribution in [0.2, 0.25) is 0 Å². The van der Waals surface area contributed by atoms with Gasteiger partial charge in [-0.05, 0) is 26.7 Å². The molecule has 0 fully saturated rings. The van der Waals surface area contributed by atoms with Crippen molar-refractivity contribution in [3.05, 3.63) is 0 Å². The van der Waals surface area contributed by atoms with Crippen molar-refractivity contribution in [2.24, 2.45) is 11.5 Å². The van der Waals surface area contributed by atoms with E-state index in [0.717, 1.165) is 12.8 Å². The van der Waals surface area contributed by atoms with Gasteiger partial charge in [0, 0.05) is 6.42 Å². The second-order valence-electron chi connectivity index (χ2n) is 9.02. The molecule has 0 aromatic carbocycles. The summed E-state index contributed by atoms with van der Waals surface area (Å²) in [6, 6.07) is 0. The topological polar surface area (TPSA) is 95.4 Å². The minimum absolute atomic E-state index is 0.153. The van der Waals surface area contributed by atoms with Crippen LogP contribution < -0.4 is 11.5 Å². The lowest BCUT2D eigenvalue weighted by Crippen LogP contribution is -2.42. The number of hydrogen-bond acceptors (Lipinski definition) is 4. The van der Waals surface area contributed by atoms with Gasteiger partial charge in [0.25, 0.3) is 0 Å². The van der Waals surface area contributed by atoms with Crippen LogP contribution >= 0.6 is 0 Å². The van der Waals surface area contributed by atoms with Crippen molar-refractivity contribution in [2.75, 3.05) is 6.61 Å². The molecule has 0 unspecified atom stereocenters. The fraction of sp³-hybridized carbons (Fsp3) is 0.920. The lowest BCUT2D eigenvalue weighted by Gasteiger charge is -2.15. The van der Waals surface area contributed by atoms with Gasteiger partial charge in [0.15, 0.2) is 0 Å². The van der Waals surface area contributed by atoms with E-state index in [4.69, 9.17) is 16.2 Å². The molecule has 0 saturated carbocycles. The van der Waals surface area contributed by atoms with E-state index in [1.807, 2.05) is 6.92 Å². The summed E-state index contributed by atoms with van der Waals surface area (Å²) in [4.78, 5) is 21.4. The highest BCUT2D eigenvalue weighted by atomic mass is 16.5. The van der Waals surface area contributed by atoms with E-state index in [1.165, 1.54) is 89.9 Å². The van der Waals surface area contributed by atoms with Gasteiger partial charge in [-0.2, -0.15) is 0 Å². The van der Waals surface area contributed by atoms with Crippen LogP contribution in [0.5, 0.6) is 0 Å². The Bertz CT molecular complexity index is 392. The molecule has 0 bridgehead atoms. The van der Waals surface area contributed by atoms with Crippen molar-refractivity contribution in [3.8, 4) is 0 Å². The van der Waals surface area contributed by atoms with Gasteiger partial charge in [0.2, 0.25) is 5.91 Å². The minimum atomic E-state index is -0.852. The highest BCUT2D eigenvalue weighted by Gasteiger charge is 2.22. The lowest BCUT2D eigenvalue weighted by atomic mass is 10.0. The fourth-order valence-electron chi connectivity index (χ4n) is 3.05. The summed E-state index contributed by atoms with van der Waals surface area (Å²) in [5.41, 5.74) is 9.70. The summed E-state index contributed by atoms with van der Waals surface area (Å²) in [5.74, 6) is -0.492. The summed E-state index contributed by atoms with van der Waals surface area (Å²) in [7, 11) is 0. The monoisotopic (exact) mass is 428 g/mol. The van der Waals surface area contributed by atoms with Gasteiger partial charge < -0.3 is 16.2 Å². The van der Waals surface area contributed by atoms with Crippen LogP contribution in [0.4, 0.5) is 0 Å². The smallest absolute Gasteiger partial charge is 0.325 e. The third-order valence-corrected chi connectivity index (χ3v) is 4.99. The second kappa shape index (κ2) is 22.6. The van der Waals surface area contributed by atoms with E-state index in [2.05, 4.69) is 6.92 Å². The summed E-state index contributed by atoms with van der Waals surface area (Å²) < 4.78 is 4.79. The minimum Gasteiger partial charge on any atom is -0.464 e. The molecular weight excluding hydrogens is 376 g/mol. The normalized spacial score (nSPS) is 11.0. The Morgan fingerprint density at radius 1 is 0.667 bits per heavy atom. The van der Waals surface area contributed by atoms with E-state index >= 15 is 0 Å². The first-order valence-electron chi connectivity index (χ1n) is 12.5. The largest absolute Gasteiger partial charge is 0.464 e. The summed E-state index contributed by atoms with van der Waals surface area (Å²) >= 11 is 0. The zero-order valence-electron chi connectivity index (χ0n) is 20.6. The molecule has 0 aliphatic carbocycles. The van der Waals surface area contributed by atoms with Gasteiger partial charge >= 0.3 is 5.97 Å². The average Bonchev–Trinajstić information content (AvgIpc) is 2.68. The van der Waals surface area contributed by atoms with E-state index in [1.54, 1.807) is 13.8 Å². The van der Waals surface area contributed by atoms with E-state index in [-0.39, 0.29) is 11.9 Å². The van der Waals surface area contributed by atoms with Crippen molar-refractivity contribution in [2.45, 2.75) is 142 Å². The third kappa shape index (κ3) is 26.9. The van der Waals surface area contributed by atoms with E-state index in [0.29, 0.717) is 13.0 Å². The van der Waals surface area contributed by atoms with Gasteiger partial charge in [-0.15, -0.1) is 0 Å². The molecule has 0 radical (unpaired) electrons.